The highest BCUT2D eigenvalue weighted by atomic mass is 16.5. The Bertz CT molecular complexity index is 335. The lowest BCUT2D eigenvalue weighted by atomic mass is 10.1. The summed E-state index contributed by atoms with van der Waals surface area (Å²) >= 11 is 0. The molecule has 19 heavy (non-hydrogen) atoms. The predicted octanol–water partition coefficient (Wildman–Crippen LogP) is 2.31. The SMILES string of the molecule is COCCN(C)Cc1ccc(CCNC(C)C)cc1. The third-order valence-electron chi connectivity index (χ3n) is 3.12. The highest BCUT2D eigenvalue weighted by molar-refractivity contribution is 5.22. The van der Waals surface area contributed by atoms with Gasteiger partial charge in [-0.05, 0) is 31.1 Å². The fourth-order valence-electron chi connectivity index (χ4n) is 1.95. The van der Waals surface area contributed by atoms with Crippen LogP contribution in [0.3, 0.4) is 0 Å². The van der Waals surface area contributed by atoms with E-state index in [0.717, 1.165) is 32.7 Å². The number of nitrogens with zero attached hydrogens (tertiary/aromatic N) is 1. The van der Waals surface area contributed by atoms with Gasteiger partial charge in [0.1, 0.15) is 0 Å². The summed E-state index contributed by atoms with van der Waals surface area (Å²) in [5.74, 6) is 0. The second kappa shape index (κ2) is 9.08. The average molecular weight is 264 g/mol. The number of benzene rings is 1. The zero-order valence-corrected chi connectivity index (χ0v) is 12.8. The third kappa shape index (κ3) is 7.31. The Kier molecular flexibility index (Phi) is 7.72. The van der Waals surface area contributed by atoms with Crippen LogP contribution in [0.1, 0.15) is 25.0 Å². The van der Waals surface area contributed by atoms with Crippen LogP contribution in [0.2, 0.25) is 0 Å². The fourth-order valence-corrected chi connectivity index (χ4v) is 1.95. The van der Waals surface area contributed by atoms with Gasteiger partial charge in [0.15, 0.2) is 0 Å². The van der Waals surface area contributed by atoms with E-state index in [1.165, 1.54) is 11.1 Å². The number of likely N-dealkylation sites (N-methyl/N-ethyl adjacent to an activating group) is 1. The molecule has 0 aliphatic heterocycles. The van der Waals surface area contributed by atoms with E-state index in [1.807, 2.05) is 0 Å². The Balaban J connectivity index is 2.34. The van der Waals surface area contributed by atoms with E-state index in [9.17, 15) is 0 Å². The molecule has 108 valence electrons. The first-order valence-electron chi connectivity index (χ1n) is 7.10. The van der Waals surface area contributed by atoms with Crippen molar-refractivity contribution in [3.05, 3.63) is 35.4 Å². The summed E-state index contributed by atoms with van der Waals surface area (Å²) in [6.45, 7) is 8.14. The topological polar surface area (TPSA) is 24.5 Å². The van der Waals surface area contributed by atoms with Crippen molar-refractivity contribution in [2.24, 2.45) is 0 Å². The Hall–Kier alpha value is -0.900. The second-order valence-electron chi connectivity index (χ2n) is 5.41. The van der Waals surface area contributed by atoms with Crippen molar-refractivity contribution in [2.45, 2.75) is 32.9 Å². The van der Waals surface area contributed by atoms with Gasteiger partial charge in [-0.2, -0.15) is 0 Å². The van der Waals surface area contributed by atoms with E-state index >= 15 is 0 Å². The maximum atomic E-state index is 5.08. The molecule has 0 atom stereocenters. The summed E-state index contributed by atoms with van der Waals surface area (Å²) in [4.78, 5) is 2.28. The van der Waals surface area contributed by atoms with Gasteiger partial charge in [0.25, 0.3) is 0 Å². The molecule has 1 N–H and O–H groups in total. The molecule has 0 aliphatic carbocycles. The Morgan fingerprint density at radius 2 is 1.79 bits per heavy atom. The summed E-state index contributed by atoms with van der Waals surface area (Å²) in [6, 6.07) is 9.50. The van der Waals surface area contributed by atoms with Crippen LogP contribution in [0.4, 0.5) is 0 Å². The quantitative estimate of drug-likeness (QED) is 0.741. The van der Waals surface area contributed by atoms with Gasteiger partial charge in [-0.1, -0.05) is 38.1 Å². The highest BCUT2D eigenvalue weighted by Gasteiger charge is 2.01. The standard InChI is InChI=1S/C16H28N2O/c1-14(2)17-10-9-15-5-7-16(8-6-15)13-18(3)11-12-19-4/h5-8,14,17H,9-13H2,1-4H3. The monoisotopic (exact) mass is 264 g/mol. The Morgan fingerprint density at radius 3 is 2.37 bits per heavy atom. The van der Waals surface area contributed by atoms with Crippen molar-refractivity contribution >= 4 is 0 Å². The molecule has 1 aromatic rings. The first kappa shape index (κ1) is 16.2. The summed E-state index contributed by atoms with van der Waals surface area (Å²) in [5, 5.41) is 3.44. The van der Waals surface area contributed by atoms with Crippen LogP contribution in [0, 0.1) is 0 Å². The molecule has 0 fully saturated rings. The fraction of sp³-hybridized carbons (Fsp3) is 0.625. The van der Waals surface area contributed by atoms with Crippen LogP contribution in [-0.4, -0.2) is 44.8 Å². The first-order valence-corrected chi connectivity index (χ1v) is 7.10. The van der Waals surface area contributed by atoms with E-state index in [0.29, 0.717) is 6.04 Å². The van der Waals surface area contributed by atoms with Gasteiger partial charge >= 0.3 is 0 Å². The van der Waals surface area contributed by atoms with E-state index in [1.54, 1.807) is 7.11 Å². The molecule has 0 amide bonds. The van der Waals surface area contributed by atoms with Crippen LogP contribution in [0.25, 0.3) is 0 Å². The van der Waals surface area contributed by atoms with Gasteiger partial charge in [0.05, 0.1) is 6.61 Å². The summed E-state index contributed by atoms with van der Waals surface area (Å²) in [5.41, 5.74) is 2.76. The zero-order valence-electron chi connectivity index (χ0n) is 12.8. The van der Waals surface area contributed by atoms with Gasteiger partial charge < -0.3 is 10.1 Å². The Labute approximate surface area is 118 Å². The van der Waals surface area contributed by atoms with Gasteiger partial charge in [-0.25, -0.2) is 0 Å². The number of rotatable bonds is 9. The molecule has 0 saturated carbocycles. The van der Waals surface area contributed by atoms with Crippen molar-refractivity contribution < 1.29 is 4.74 Å². The van der Waals surface area contributed by atoms with Crippen molar-refractivity contribution in [3.8, 4) is 0 Å². The zero-order chi connectivity index (χ0) is 14.1. The largest absolute Gasteiger partial charge is 0.383 e. The third-order valence-corrected chi connectivity index (χ3v) is 3.12. The minimum absolute atomic E-state index is 0.564. The van der Waals surface area contributed by atoms with E-state index < -0.39 is 0 Å². The Morgan fingerprint density at radius 1 is 1.16 bits per heavy atom. The number of ether oxygens (including phenoxy) is 1. The van der Waals surface area contributed by atoms with E-state index in [2.05, 4.69) is 55.4 Å². The lowest BCUT2D eigenvalue weighted by Gasteiger charge is -2.16. The molecule has 1 rings (SSSR count). The van der Waals surface area contributed by atoms with Gasteiger partial charge in [-0.15, -0.1) is 0 Å². The lowest BCUT2D eigenvalue weighted by molar-refractivity contribution is 0.158. The number of nitrogens with one attached hydrogen (secondary N) is 1. The summed E-state index contributed by atoms with van der Waals surface area (Å²) < 4.78 is 5.08. The molecule has 0 radical (unpaired) electrons. The van der Waals surface area contributed by atoms with Crippen molar-refractivity contribution in [1.29, 1.82) is 0 Å². The number of hydrogen-bond acceptors (Lipinski definition) is 3. The summed E-state index contributed by atoms with van der Waals surface area (Å²) in [7, 11) is 3.87. The molecule has 0 unspecified atom stereocenters. The van der Waals surface area contributed by atoms with Crippen LogP contribution < -0.4 is 5.32 Å². The molecular weight excluding hydrogens is 236 g/mol. The molecule has 0 spiro atoms. The van der Waals surface area contributed by atoms with E-state index in [-0.39, 0.29) is 0 Å². The highest BCUT2D eigenvalue weighted by Crippen LogP contribution is 2.07. The van der Waals surface area contributed by atoms with Crippen LogP contribution in [0.15, 0.2) is 24.3 Å². The number of methoxy groups -OCH3 is 1. The smallest absolute Gasteiger partial charge is 0.0589 e. The van der Waals surface area contributed by atoms with Crippen LogP contribution in [0.5, 0.6) is 0 Å². The van der Waals surface area contributed by atoms with E-state index in [4.69, 9.17) is 4.74 Å². The maximum Gasteiger partial charge on any atom is 0.0589 e. The van der Waals surface area contributed by atoms with Crippen molar-refractivity contribution in [2.75, 3.05) is 33.9 Å². The van der Waals surface area contributed by atoms with Gasteiger partial charge in [-0.3, -0.25) is 4.90 Å². The van der Waals surface area contributed by atoms with Crippen LogP contribution in [-0.2, 0) is 17.7 Å². The lowest BCUT2D eigenvalue weighted by Crippen LogP contribution is -2.25. The molecule has 0 heterocycles. The second-order valence-corrected chi connectivity index (χ2v) is 5.41. The molecule has 3 heteroatoms. The van der Waals surface area contributed by atoms with Gasteiger partial charge in [0.2, 0.25) is 0 Å². The molecule has 3 nitrogen and oxygen atoms in total. The normalized spacial score (nSPS) is 11.5. The molecular formula is C16H28N2O. The first-order chi connectivity index (χ1) is 9.11. The molecule has 0 aromatic heterocycles. The van der Waals surface area contributed by atoms with Crippen molar-refractivity contribution in [3.63, 3.8) is 0 Å². The van der Waals surface area contributed by atoms with Gasteiger partial charge in [0, 0.05) is 26.2 Å². The predicted molar refractivity (Wildman–Crippen MR) is 81.5 cm³/mol. The summed E-state index contributed by atoms with van der Waals surface area (Å²) in [6.07, 6.45) is 1.10. The maximum absolute atomic E-state index is 5.08. The average Bonchev–Trinajstić information content (AvgIpc) is 2.38. The molecule has 0 aliphatic rings. The molecule has 0 bridgehead atoms. The molecule has 0 saturated heterocycles. The number of hydrogen-bond donors (Lipinski definition) is 1. The van der Waals surface area contributed by atoms with Crippen molar-refractivity contribution in [1.82, 2.24) is 10.2 Å². The minimum atomic E-state index is 0.564. The minimum Gasteiger partial charge on any atom is -0.383 e. The van der Waals surface area contributed by atoms with Crippen LogP contribution >= 0.6 is 0 Å². The molecule has 1 aromatic carbocycles.